The van der Waals surface area contributed by atoms with Gasteiger partial charge in [0.15, 0.2) is 0 Å². The fraction of sp³-hybridized carbons (Fsp3) is 1.00. The minimum atomic E-state index is 0.706. The minimum Gasteiger partial charge on any atom is -0.255 e. The van der Waals surface area contributed by atoms with E-state index in [1.165, 1.54) is 19.3 Å². The maximum absolute atomic E-state index is 6.00. The van der Waals surface area contributed by atoms with Gasteiger partial charge >= 0.3 is 0 Å². The van der Waals surface area contributed by atoms with Crippen molar-refractivity contribution in [1.82, 2.24) is 0 Å². The smallest absolute Gasteiger partial charge is 0.0295 e. The second kappa shape index (κ2) is 3.35. The summed E-state index contributed by atoms with van der Waals surface area (Å²) in [6.45, 7) is 7.35. The van der Waals surface area contributed by atoms with Gasteiger partial charge in [-0.05, 0) is 36.0 Å². The highest BCUT2D eigenvalue weighted by molar-refractivity contribution is 5.01. The van der Waals surface area contributed by atoms with Crippen LogP contribution >= 0.6 is 0 Å². The standard InChI is InChI=1S/C10H18.H2O2/c1-7-4-5-8-6-9(7)10(8,2)3;1-2/h7-9H,4-6H2,1-3H3;1-2H/t7-,8-,9-;/m1./s1. The topological polar surface area (TPSA) is 40.5 Å². The van der Waals surface area contributed by atoms with Crippen molar-refractivity contribution in [3.8, 4) is 0 Å². The highest BCUT2D eigenvalue weighted by atomic mass is 17.0. The van der Waals surface area contributed by atoms with E-state index >= 15 is 0 Å². The third-order valence-electron chi connectivity index (χ3n) is 4.20. The average Bonchev–Trinajstić information content (AvgIpc) is 2.07. The largest absolute Gasteiger partial charge is 0.255 e. The summed E-state index contributed by atoms with van der Waals surface area (Å²) in [7, 11) is 0. The van der Waals surface area contributed by atoms with Gasteiger partial charge in [-0.3, -0.25) is 10.5 Å². The van der Waals surface area contributed by atoms with Gasteiger partial charge in [0, 0.05) is 0 Å². The number of rotatable bonds is 0. The maximum atomic E-state index is 6.00. The predicted octanol–water partition coefficient (Wildman–Crippen LogP) is 3.10. The van der Waals surface area contributed by atoms with Crippen LogP contribution in [0.5, 0.6) is 0 Å². The molecular weight excluding hydrogens is 152 g/mol. The van der Waals surface area contributed by atoms with Gasteiger partial charge in [-0.1, -0.05) is 27.2 Å². The lowest BCUT2D eigenvalue weighted by atomic mass is 9.46. The lowest BCUT2D eigenvalue weighted by molar-refractivity contribution is -0.176. The zero-order chi connectivity index (χ0) is 9.35. The second-order valence-electron chi connectivity index (χ2n) is 4.92. The van der Waals surface area contributed by atoms with Crippen molar-refractivity contribution in [3.05, 3.63) is 0 Å². The minimum absolute atomic E-state index is 0.706. The monoisotopic (exact) mass is 172 g/mol. The van der Waals surface area contributed by atoms with Crippen LogP contribution < -0.4 is 0 Å². The van der Waals surface area contributed by atoms with E-state index in [2.05, 4.69) is 20.8 Å². The molecule has 0 aromatic rings. The highest BCUT2D eigenvalue weighted by Gasteiger charge is 2.52. The van der Waals surface area contributed by atoms with Gasteiger partial charge in [-0.2, -0.15) is 0 Å². The average molecular weight is 172 g/mol. The molecule has 0 aromatic heterocycles. The Morgan fingerprint density at radius 1 is 1.17 bits per heavy atom. The van der Waals surface area contributed by atoms with E-state index in [4.69, 9.17) is 10.5 Å². The number of hydrogen-bond donors (Lipinski definition) is 2. The van der Waals surface area contributed by atoms with E-state index < -0.39 is 0 Å². The van der Waals surface area contributed by atoms with E-state index in [0.717, 1.165) is 17.8 Å². The molecule has 0 aromatic carbocycles. The van der Waals surface area contributed by atoms with E-state index in [9.17, 15) is 0 Å². The fourth-order valence-electron chi connectivity index (χ4n) is 3.18. The van der Waals surface area contributed by atoms with Gasteiger partial charge in [0.1, 0.15) is 0 Å². The van der Waals surface area contributed by atoms with Gasteiger partial charge in [0.25, 0.3) is 0 Å². The summed E-state index contributed by atoms with van der Waals surface area (Å²) in [5, 5.41) is 12.0. The van der Waals surface area contributed by atoms with Crippen LogP contribution in [0.3, 0.4) is 0 Å². The van der Waals surface area contributed by atoms with Gasteiger partial charge in [-0.25, -0.2) is 0 Å². The molecule has 3 saturated carbocycles. The molecule has 3 fully saturated rings. The summed E-state index contributed by atoms with van der Waals surface area (Å²) in [5.41, 5.74) is 0.706. The molecule has 2 bridgehead atoms. The fourth-order valence-corrected chi connectivity index (χ4v) is 3.18. The molecule has 3 aliphatic carbocycles. The first-order valence-corrected chi connectivity index (χ1v) is 4.82. The molecule has 0 heterocycles. The Balaban J connectivity index is 0.000000336. The third-order valence-corrected chi connectivity index (χ3v) is 4.20. The highest BCUT2D eigenvalue weighted by Crippen LogP contribution is 2.61. The second-order valence-corrected chi connectivity index (χ2v) is 4.92. The van der Waals surface area contributed by atoms with Gasteiger partial charge in [-0.15, -0.1) is 0 Å². The Morgan fingerprint density at radius 2 is 1.75 bits per heavy atom. The van der Waals surface area contributed by atoms with Gasteiger partial charge < -0.3 is 0 Å². The van der Waals surface area contributed by atoms with Crippen molar-refractivity contribution in [2.45, 2.75) is 40.0 Å². The SMILES string of the molecule is C[C@@H]1CC[C@@H]2C[C@H]1C2(C)C.OO. The zero-order valence-corrected chi connectivity index (χ0v) is 8.25. The van der Waals surface area contributed by atoms with Crippen molar-refractivity contribution in [1.29, 1.82) is 0 Å². The summed E-state index contributed by atoms with van der Waals surface area (Å²) in [6, 6.07) is 0. The first-order chi connectivity index (χ1) is 5.62. The van der Waals surface area contributed by atoms with Crippen molar-refractivity contribution in [3.63, 3.8) is 0 Å². The Kier molecular flexibility index (Phi) is 2.79. The molecule has 0 saturated heterocycles. The van der Waals surface area contributed by atoms with Crippen LogP contribution in [0.2, 0.25) is 0 Å². The van der Waals surface area contributed by atoms with Crippen LogP contribution in [0.1, 0.15) is 40.0 Å². The summed E-state index contributed by atoms with van der Waals surface area (Å²) in [5.74, 6) is 3.15. The molecule has 0 radical (unpaired) electrons. The molecule has 2 nitrogen and oxygen atoms in total. The van der Waals surface area contributed by atoms with Crippen LogP contribution in [-0.2, 0) is 0 Å². The molecule has 12 heavy (non-hydrogen) atoms. The molecule has 0 amide bonds. The third kappa shape index (κ3) is 1.27. The molecule has 0 spiro atoms. The van der Waals surface area contributed by atoms with Crippen molar-refractivity contribution >= 4 is 0 Å². The van der Waals surface area contributed by atoms with Crippen molar-refractivity contribution < 1.29 is 10.5 Å². The van der Waals surface area contributed by atoms with Crippen LogP contribution in [0.25, 0.3) is 0 Å². The molecule has 72 valence electrons. The zero-order valence-electron chi connectivity index (χ0n) is 8.25. The quantitative estimate of drug-likeness (QED) is 0.435. The Morgan fingerprint density at radius 3 is 2.00 bits per heavy atom. The van der Waals surface area contributed by atoms with E-state index in [1.54, 1.807) is 0 Å². The van der Waals surface area contributed by atoms with E-state index in [-0.39, 0.29) is 0 Å². The van der Waals surface area contributed by atoms with E-state index in [1.807, 2.05) is 0 Å². The van der Waals surface area contributed by atoms with Crippen LogP contribution in [0.15, 0.2) is 0 Å². The summed E-state index contributed by atoms with van der Waals surface area (Å²) >= 11 is 0. The van der Waals surface area contributed by atoms with Crippen LogP contribution in [0, 0.1) is 23.2 Å². The van der Waals surface area contributed by atoms with E-state index in [0.29, 0.717) is 5.41 Å². The Hall–Kier alpha value is -0.0800. The van der Waals surface area contributed by atoms with Crippen LogP contribution in [-0.4, -0.2) is 10.5 Å². The normalized spacial score (nSPS) is 42.2. The van der Waals surface area contributed by atoms with Gasteiger partial charge in [0.05, 0.1) is 0 Å². The molecule has 2 N–H and O–H groups in total. The van der Waals surface area contributed by atoms with Gasteiger partial charge in [0.2, 0.25) is 0 Å². The summed E-state index contributed by atoms with van der Waals surface area (Å²) < 4.78 is 0. The maximum Gasteiger partial charge on any atom is -0.0295 e. The van der Waals surface area contributed by atoms with Crippen LogP contribution in [0.4, 0.5) is 0 Å². The Bertz CT molecular complexity index is 152. The molecule has 0 unspecified atom stereocenters. The molecule has 3 aliphatic rings. The summed E-state index contributed by atoms with van der Waals surface area (Å²) in [4.78, 5) is 0. The summed E-state index contributed by atoms with van der Waals surface area (Å²) in [6.07, 6.45) is 4.54. The first kappa shape index (κ1) is 10.0. The number of fused-ring (bicyclic) bond motifs is 2. The molecular formula is C10H20O2. The molecule has 3 rings (SSSR count). The molecule has 3 atom stereocenters. The van der Waals surface area contributed by atoms with Crippen molar-refractivity contribution in [2.75, 3.05) is 0 Å². The lowest BCUT2D eigenvalue weighted by Gasteiger charge is -2.59. The predicted molar refractivity (Wildman–Crippen MR) is 49.0 cm³/mol. The lowest BCUT2D eigenvalue weighted by Crippen LogP contribution is -2.51. The molecule has 0 aliphatic heterocycles. The first-order valence-electron chi connectivity index (χ1n) is 4.82. The molecule has 2 heteroatoms. The van der Waals surface area contributed by atoms with Crippen molar-refractivity contribution in [2.24, 2.45) is 23.2 Å². The Labute approximate surface area is 74.5 Å². The number of hydrogen-bond acceptors (Lipinski definition) is 2.